The zero-order valence-corrected chi connectivity index (χ0v) is 42.4. The Bertz CT molecular complexity index is 1660. The minimum absolute atomic E-state index is 0.0666. The number of urea groups is 1. The van der Waals surface area contributed by atoms with Crippen LogP contribution in [-0.2, 0) is 61.7 Å². The number of nitrogens with two attached hydrogens (primary N) is 1. The zero-order chi connectivity index (χ0) is 51.1. The maximum atomic E-state index is 13.5. The van der Waals surface area contributed by atoms with Crippen molar-refractivity contribution >= 4 is 41.5 Å². The van der Waals surface area contributed by atoms with Gasteiger partial charge in [0.1, 0.15) is 11.4 Å². The van der Waals surface area contributed by atoms with E-state index in [4.69, 9.17) is 62.7 Å². The average Bonchev–Trinajstić information content (AvgIpc) is 3.49. The van der Waals surface area contributed by atoms with Gasteiger partial charge < -0.3 is 78.7 Å². The highest BCUT2D eigenvalue weighted by Gasteiger charge is 2.23. The summed E-state index contributed by atoms with van der Waals surface area (Å²) in [6.45, 7) is 17.2. The van der Waals surface area contributed by atoms with Crippen LogP contribution in [0.3, 0.4) is 0 Å². The molecule has 23 nitrogen and oxygen atoms in total. The fraction of sp³-hybridized carbons (Fsp3) is 0.723. The summed E-state index contributed by atoms with van der Waals surface area (Å²) in [4.78, 5) is 61.3. The van der Waals surface area contributed by atoms with Gasteiger partial charge in [0.2, 0.25) is 0 Å². The molecule has 0 radical (unpaired) electrons. The molecule has 0 bridgehead atoms. The van der Waals surface area contributed by atoms with Gasteiger partial charge in [-0.1, -0.05) is 13.0 Å². The first-order valence-corrected chi connectivity index (χ1v) is 23.9. The first kappa shape index (κ1) is 61.6. The van der Waals surface area contributed by atoms with E-state index in [-0.39, 0.29) is 37.2 Å². The van der Waals surface area contributed by atoms with Crippen LogP contribution >= 0.6 is 0 Å². The molecule has 0 atom stereocenters. The lowest BCUT2D eigenvalue weighted by Gasteiger charge is -2.22. The number of alkyl carbamates (subject to hydrolysis) is 1. The van der Waals surface area contributed by atoms with E-state index in [1.165, 1.54) is 9.96 Å². The van der Waals surface area contributed by atoms with E-state index in [1.807, 2.05) is 27.7 Å². The third-order valence-electron chi connectivity index (χ3n) is 9.01. The number of carbonyl (C=O) groups is 4. The molecule has 1 aromatic carbocycles. The Hall–Kier alpha value is -4.53. The minimum Gasteiger partial charge on any atom is -0.444 e. The van der Waals surface area contributed by atoms with Crippen molar-refractivity contribution in [1.82, 2.24) is 25.9 Å². The van der Waals surface area contributed by atoms with Crippen LogP contribution in [0.2, 0.25) is 0 Å². The van der Waals surface area contributed by atoms with Gasteiger partial charge >= 0.3 is 12.1 Å². The number of fused-ring (bicyclic) bond motifs is 1. The Morgan fingerprint density at radius 3 is 1.43 bits per heavy atom. The van der Waals surface area contributed by atoms with Gasteiger partial charge in [-0.15, -0.1) is 0 Å². The molecule has 1 heterocycles. The predicted molar refractivity (Wildman–Crippen MR) is 260 cm³/mol. The van der Waals surface area contributed by atoms with Gasteiger partial charge in [-0.3, -0.25) is 14.4 Å². The van der Waals surface area contributed by atoms with Crippen LogP contribution in [0.4, 0.5) is 15.3 Å². The Kier molecular flexibility index (Phi) is 34.4. The molecule has 0 saturated carbocycles. The van der Waals surface area contributed by atoms with E-state index in [1.54, 1.807) is 38.4 Å². The maximum Gasteiger partial charge on any atom is 0.407 e. The largest absolute Gasteiger partial charge is 0.444 e. The quantitative estimate of drug-likeness (QED) is 0.0542. The molecule has 0 unspecified atom stereocenters. The number of amidine groups is 1. The van der Waals surface area contributed by atoms with Crippen molar-refractivity contribution in [2.75, 3.05) is 179 Å². The van der Waals surface area contributed by atoms with Crippen molar-refractivity contribution in [3.8, 4) is 0 Å². The molecule has 23 heteroatoms. The number of hydrogen-bond acceptors (Lipinski definition) is 18. The van der Waals surface area contributed by atoms with Gasteiger partial charge in [0.05, 0.1) is 144 Å². The van der Waals surface area contributed by atoms with Gasteiger partial charge in [-0.2, -0.15) is 0 Å². The Morgan fingerprint density at radius 1 is 0.600 bits per heavy atom. The Balaban J connectivity index is 1.31. The van der Waals surface area contributed by atoms with Crippen LogP contribution in [0.25, 0.3) is 6.08 Å². The minimum atomic E-state index is -0.526. The molecule has 70 heavy (non-hydrogen) atoms. The lowest BCUT2D eigenvalue weighted by Crippen LogP contribution is -2.41. The van der Waals surface area contributed by atoms with Crippen LogP contribution in [0.1, 0.15) is 56.5 Å². The number of nitrogens with one attached hydrogen (secondary N) is 3. The normalized spacial score (nSPS) is 12.4. The second-order valence-corrected chi connectivity index (χ2v) is 16.4. The van der Waals surface area contributed by atoms with E-state index < -0.39 is 17.7 Å². The summed E-state index contributed by atoms with van der Waals surface area (Å²) in [6, 6.07) is 4.70. The molecule has 0 spiro atoms. The molecule has 0 fully saturated rings. The third-order valence-corrected chi connectivity index (χ3v) is 9.01. The first-order valence-electron chi connectivity index (χ1n) is 23.9. The molecule has 1 aliphatic rings. The van der Waals surface area contributed by atoms with Crippen LogP contribution in [-0.4, -0.2) is 224 Å². The van der Waals surface area contributed by atoms with E-state index in [9.17, 15) is 19.2 Å². The van der Waals surface area contributed by atoms with Crippen LogP contribution < -0.4 is 21.7 Å². The Labute approximate surface area is 413 Å². The molecule has 0 aliphatic carbocycles. The molecule has 0 aromatic heterocycles. The van der Waals surface area contributed by atoms with Crippen molar-refractivity contribution in [2.45, 2.75) is 46.1 Å². The molecular formula is C47H81N7O16. The maximum absolute atomic E-state index is 13.5. The second kappa shape index (κ2) is 39.1. The molecule has 0 saturated heterocycles. The molecule has 400 valence electrons. The van der Waals surface area contributed by atoms with Crippen molar-refractivity contribution in [2.24, 2.45) is 10.7 Å². The van der Waals surface area contributed by atoms with Crippen LogP contribution in [0, 0.1) is 0 Å². The topological polar surface area (TPSA) is 260 Å². The van der Waals surface area contributed by atoms with Crippen molar-refractivity contribution in [3.63, 3.8) is 0 Å². The third kappa shape index (κ3) is 31.6. The summed E-state index contributed by atoms with van der Waals surface area (Å²) >= 11 is 0. The lowest BCUT2D eigenvalue weighted by molar-refractivity contribution is -0.181. The highest BCUT2D eigenvalue weighted by molar-refractivity contribution is 6.05. The van der Waals surface area contributed by atoms with E-state index >= 15 is 0 Å². The highest BCUT2D eigenvalue weighted by Crippen LogP contribution is 2.29. The summed E-state index contributed by atoms with van der Waals surface area (Å²) in [7, 11) is 3.34. The number of hydroxylamine groups is 2. The summed E-state index contributed by atoms with van der Waals surface area (Å²) < 4.78 is 60.0. The number of amides is 5. The summed E-state index contributed by atoms with van der Waals surface area (Å²) in [5, 5.41) is 9.31. The van der Waals surface area contributed by atoms with Crippen molar-refractivity contribution in [1.29, 1.82) is 0 Å². The molecule has 2 rings (SSSR count). The standard InChI is InChI=1S/C47H81N7O16/c1-7-13-54(44(56)40-35-38-8-9-39(43(55)53(5)6)36-41(38)52-42(48)37-40)69-16-12-50-45(57)49-10-14-59-17-19-61-21-23-63-25-27-65-29-31-67-33-34-68-32-30-66-28-26-64-24-22-62-20-18-60-15-11-51-46(58)70-47(2,3)4/h8-9,35-36H,7,10-34,37H2,1-6H3,(H2,48,52)(H,51,58)(H2,49,50,57). The van der Waals surface area contributed by atoms with Gasteiger partial charge in [-0.25, -0.2) is 19.6 Å². The number of hydrogen-bond donors (Lipinski definition) is 4. The second-order valence-electron chi connectivity index (χ2n) is 16.4. The van der Waals surface area contributed by atoms with Crippen LogP contribution in [0.5, 0.6) is 0 Å². The smallest absolute Gasteiger partial charge is 0.407 e. The number of benzene rings is 1. The van der Waals surface area contributed by atoms with Crippen molar-refractivity contribution < 1.29 is 76.1 Å². The summed E-state index contributed by atoms with van der Waals surface area (Å²) in [5.74, 6) is -0.281. The number of ether oxygens (including phenoxy) is 11. The van der Waals surface area contributed by atoms with E-state index in [2.05, 4.69) is 20.9 Å². The molecule has 5 amide bonds. The zero-order valence-electron chi connectivity index (χ0n) is 42.4. The van der Waals surface area contributed by atoms with E-state index in [0.717, 1.165) is 0 Å². The first-order chi connectivity index (χ1) is 33.8. The average molecular weight is 1000 g/mol. The fourth-order valence-corrected chi connectivity index (χ4v) is 5.75. The van der Waals surface area contributed by atoms with Gasteiger partial charge in [0.15, 0.2) is 0 Å². The van der Waals surface area contributed by atoms with Crippen molar-refractivity contribution in [3.05, 3.63) is 34.9 Å². The SMILES string of the molecule is CCCN(OCCNC(=O)NCCOCCOCCOCCOCCOCCOCCOCCOCCOCCOCCNC(=O)OC(C)(C)C)C(=O)C1=Cc2ccc(C(=O)N(C)C)cc2N=C(N)C1. The number of nitrogens with zero attached hydrogens (tertiary/aromatic N) is 3. The number of rotatable bonds is 41. The monoisotopic (exact) mass is 1000 g/mol. The number of aliphatic imine (C=N–C) groups is 1. The van der Waals surface area contributed by atoms with Crippen LogP contribution in [0.15, 0.2) is 28.8 Å². The highest BCUT2D eigenvalue weighted by atomic mass is 16.7. The lowest BCUT2D eigenvalue weighted by atomic mass is 10.0. The molecule has 1 aromatic rings. The van der Waals surface area contributed by atoms with Gasteiger partial charge in [0, 0.05) is 63.4 Å². The summed E-state index contributed by atoms with van der Waals surface area (Å²) in [5.41, 5.74) is 7.66. The molecular weight excluding hydrogens is 919 g/mol. The predicted octanol–water partition coefficient (Wildman–Crippen LogP) is 2.32. The molecule has 5 N–H and O–H groups in total. The fourth-order valence-electron chi connectivity index (χ4n) is 5.75. The Morgan fingerprint density at radius 2 is 1.01 bits per heavy atom. The van der Waals surface area contributed by atoms with Gasteiger partial charge in [-0.05, 0) is 45.4 Å². The number of carbonyl (C=O) groups excluding carboxylic acids is 4. The van der Waals surface area contributed by atoms with E-state index in [0.29, 0.717) is 181 Å². The summed E-state index contributed by atoms with van der Waals surface area (Å²) in [6.07, 6.45) is 2.01. The van der Waals surface area contributed by atoms with Gasteiger partial charge in [0.25, 0.3) is 11.8 Å². The molecule has 1 aliphatic heterocycles.